The Morgan fingerprint density at radius 2 is 1.17 bits per heavy atom. The zero-order valence-corrected chi connectivity index (χ0v) is 17.1. The summed E-state index contributed by atoms with van der Waals surface area (Å²) in [5.41, 5.74) is 8.70. The van der Waals surface area contributed by atoms with Gasteiger partial charge in [-0.3, -0.25) is 0 Å². The van der Waals surface area contributed by atoms with Crippen LogP contribution in [0.3, 0.4) is 0 Å². The summed E-state index contributed by atoms with van der Waals surface area (Å²) >= 11 is 0. The number of rotatable bonds is 3. The van der Waals surface area contributed by atoms with E-state index in [9.17, 15) is 0 Å². The lowest BCUT2D eigenvalue weighted by Gasteiger charge is -2.24. The van der Waals surface area contributed by atoms with Gasteiger partial charge in [-0.25, -0.2) is 0 Å². The van der Waals surface area contributed by atoms with Crippen LogP contribution in [0.4, 0.5) is 11.4 Å². The summed E-state index contributed by atoms with van der Waals surface area (Å²) in [5, 5.41) is 2.59. The molecule has 0 bridgehead atoms. The van der Waals surface area contributed by atoms with Crippen LogP contribution in [0, 0.1) is 13.8 Å². The number of para-hydroxylation sites is 3. The molecule has 0 aliphatic rings. The van der Waals surface area contributed by atoms with E-state index in [1.807, 2.05) is 0 Å². The molecule has 29 heavy (non-hydrogen) atoms. The highest BCUT2D eigenvalue weighted by atomic mass is 15.1. The van der Waals surface area contributed by atoms with E-state index < -0.39 is 0 Å². The minimum absolute atomic E-state index is 1.19. The molecule has 5 rings (SSSR count). The van der Waals surface area contributed by atoms with Gasteiger partial charge in [0.25, 0.3) is 0 Å². The Morgan fingerprint density at radius 1 is 0.621 bits per heavy atom. The molecule has 0 aliphatic carbocycles. The van der Waals surface area contributed by atoms with E-state index in [1.54, 1.807) is 0 Å². The molecule has 1 aromatic heterocycles. The number of hydrogen-bond acceptors (Lipinski definition) is 1. The van der Waals surface area contributed by atoms with Gasteiger partial charge < -0.3 is 9.47 Å². The van der Waals surface area contributed by atoms with Gasteiger partial charge >= 0.3 is 0 Å². The second-order valence-corrected chi connectivity index (χ2v) is 7.69. The van der Waals surface area contributed by atoms with Crippen molar-refractivity contribution in [2.24, 2.45) is 0 Å². The van der Waals surface area contributed by atoms with Crippen LogP contribution < -0.4 is 4.90 Å². The summed E-state index contributed by atoms with van der Waals surface area (Å²) in [6.45, 7) is 4.41. The fourth-order valence-electron chi connectivity index (χ4n) is 4.36. The molecule has 0 saturated carbocycles. The largest absolute Gasteiger partial charge is 0.344 e. The van der Waals surface area contributed by atoms with Gasteiger partial charge in [0.1, 0.15) is 0 Å². The van der Waals surface area contributed by atoms with Gasteiger partial charge in [0, 0.05) is 34.9 Å². The van der Waals surface area contributed by atoms with Crippen LogP contribution in [0.15, 0.2) is 91.0 Å². The van der Waals surface area contributed by atoms with Gasteiger partial charge in [-0.15, -0.1) is 0 Å². The average molecular weight is 377 g/mol. The van der Waals surface area contributed by atoms with Crippen molar-refractivity contribution in [1.82, 2.24) is 4.57 Å². The standard InChI is InChI=1S/C27H24N2/c1-19-18-27(20(2)17-26(19)28(3)21-11-5-4-6-12-21)29-24-15-9-7-13-22(24)23-14-8-10-16-25(23)29/h4-18H,1-3H3. The minimum Gasteiger partial charge on any atom is -0.344 e. The first-order valence-corrected chi connectivity index (χ1v) is 10.0. The van der Waals surface area contributed by atoms with Crippen LogP contribution >= 0.6 is 0 Å². The number of aryl methyl sites for hydroxylation is 2. The van der Waals surface area contributed by atoms with Crippen LogP contribution in [0.25, 0.3) is 27.5 Å². The van der Waals surface area contributed by atoms with Gasteiger partial charge in [-0.1, -0.05) is 54.6 Å². The quantitative estimate of drug-likeness (QED) is 0.324. The number of hydrogen-bond donors (Lipinski definition) is 0. The summed E-state index contributed by atoms with van der Waals surface area (Å²) < 4.78 is 2.40. The Kier molecular flexibility index (Phi) is 4.13. The van der Waals surface area contributed by atoms with E-state index in [1.165, 1.54) is 50.0 Å². The predicted molar refractivity (Wildman–Crippen MR) is 125 cm³/mol. The Labute approximate surface area is 171 Å². The van der Waals surface area contributed by atoms with E-state index in [0.29, 0.717) is 0 Å². The zero-order valence-electron chi connectivity index (χ0n) is 17.1. The monoisotopic (exact) mass is 376 g/mol. The fraction of sp³-hybridized carbons (Fsp3) is 0.111. The maximum atomic E-state index is 2.40. The van der Waals surface area contributed by atoms with Gasteiger partial charge in [0.2, 0.25) is 0 Å². The lowest BCUT2D eigenvalue weighted by atomic mass is 10.1. The molecule has 0 unspecified atom stereocenters. The van der Waals surface area contributed by atoms with Crippen molar-refractivity contribution in [2.75, 3.05) is 11.9 Å². The third-order valence-corrected chi connectivity index (χ3v) is 5.84. The normalized spacial score (nSPS) is 11.3. The summed E-state index contributed by atoms with van der Waals surface area (Å²) in [7, 11) is 2.14. The van der Waals surface area contributed by atoms with Crippen LogP contribution in [-0.2, 0) is 0 Å². The zero-order chi connectivity index (χ0) is 20.0. The highest BCUT2D eigenvalue weighted by Crippen LogP contribution is 2.36. The lowest BCUT2D eigenvalue weighted by molar-refractivity contribution is 1.12. The van der Waals surface area contributed by atoms with E-state index in [0.717, 1.165) is 0 Å². The molecule has 0 spiro atoms. The molecule has 2 nitrogen and oxygen atoms in total. The summed E-state index contributed by atoms with van der Waals surface area (Å²) in [4.78, 5) is 2.26. The molecule has 0 radical (unpaired) electrons. The topological polar surface area (TPSA) is 8.17 Å². The smallest absolute Gasteiger partial charge is 0.0541 e. The molecular weight excluding hydrogens is 352 g/mol. The Bertz CT molecular complexity index is 1280. The summed E-state index contributed by atoms with van der Waals surface area (Å²) in [6, 6.07) is 32.5. The molecular formula is C27H24N2. The maximum Gasteiger partial charge on any atom is 0.0541 e. The number of fused-ring (bicyclic) bond motifs is 3. The van der Waals surface area contributed by atoms with Gasteiger partial charge in [-0.2, -0.15) is 0 Å². The number of nitrogens with zero attached hydrogens (tertiary/aromatic N) is 2. The molecule has 2 heteroatoms. The van der Waals surface area contributed by atoms with E-state index in [2.05, 4.69) is 121 Å². The van der Waals surface area contributed by atoms with Gasteiger partial charge in [0.05, 0.1) is 11.0 Å². The molecule has 5 aromatic rings. The molecule has 0 aliphatic heterocycles. The lowest BCUT2D eigenvalue weighted by Crippen LogP contribution is -2.12. The van der Waals surface area contributed by atoms with Crippen molar-refractivity contribution in [3.05, 3.63) is 102 Å². The highest BCUT2D eigenvalue weighted by Gasteiger charge is 2.15. The third-order valence-electron chi connectivity index (χ3n) is 5.84. The summed E-state index contributed by atoms with van der Waals surface area (Å²) in [6.07, 6.45) is 0. The number of anilines is 2. The van der Waals surface area contributed by atoms with Crippen molar-refractivity contribution in [3.63, 3.8) is 0 Å². The van der Waals surface area contributed by atoms with Crippen LogP contribution in [0.2, 0.25) is 0 Å². The van der Waals surface area contributed by atoms with Gasteiger partial charge in [-0.05, 0) is 61.4 Å². The molecule has 0 saturated heterocycles. The van der Waals surface area contributed by atoms with Crippen LogP contribution in [-0.4, -0.2) is 11.6 Å². The van der Waals surface area contributed by atoms with Crippen molar-refractivity contribution in [2.45, 2.75) is 13.8 Å². The number of aromatic nitrogens is 1. The highest BCUT2D eigenvalue weighted by molar-refractivity contribution is 6.09. The van der Waals surface area contributed by atoms with Gasteiger partial charge in [0.15, 0.2) is 0 Å². The molecule has 142 valence electrons. The summed E-state index contributed by atoms with van der Waals surface area (Å²) in [5.74, 6) is 0. The van der Waals surface area contributed by atoms with Crippen molar-refractivity contribution < 1.29 is 0 Å². The van der Waals surface area contributed by atoms with E-state index in [4.69, 9.17) is 0 Å². The van der Waals surface area contributed by atoms with Crippen molar-refractivity contribution in [3.8, 4) is 5.69 Å². The fourth-order valence-corrected chi connectivity index (χ4v) is 4.36. The molecule has 1 heterocycles. The molecule has 0 atom stereocenters. The Morgan fingerprint density at radius 3 is 1.79 bits per heavy atom. The first kappa shape index (κ1) is 17.6. The first-order valence-electron chi connectivity index (χ1n) is 10.0. The van der Waals surface area contributed by atoms with Crippen molar-refractivity contribution in [1.29, 1.82) is 0 Å². The number of benzene rings is 4. The van der Waals surface area contributed by atoms with Crippen LogP contribution in [0.5, 0.6) is 0 Å². The Hall–Kier alpha value is -3.52. The predicted octanol–water partition coefficient (Wildman–Crippen LogP) is 7.17. The molecule has 0 N–H and O–H groups in total. The maximum absolute atomic E-state index is 2.40. The third kappa shape index (κ3) is 2.80. The van der Waals surface area contributed by atoms with E-state index in [-0.39, 0.29) is 0 Å². The van der Waals surface area contributed by atoms with Crippen LogP contribution in [0.1, 0.15) is 11.1 Å². The molecule has 4 aromatic carbocycles. The second-order valence-electron chi connectivity index (χ2n) is 7.69. The SMILES string of the molecule is Cc1cc(-n2c3ccccc3c3ccccc32)c(C)cc1N(C)c1ccccc1. The molecule has 0 amide bonds. The molecule has 0 fully saturated rings. The van der Waals surface area contributed by atoms with Crippen molar-refractivity contribution >= 4 is 33.2 Å². The average Bonchev–Trinajstić information content (AvgIpc) is 3.10. The first-order chi connectivity index (χ1) is 14.1. The Balaban J connectivity index is 1.73. The second kappa shape index (κ2) is 6.82. The minimum atomic E-state index is 1.19. The van der Waals surface area contributed by atoms with E-state index >= 15 is 0 Å².